The van der Waals surface area contributed by atoms with Crippen molar-refractivity contribution < 1.29 is 9.59 Å². The SMILES string of the molecule is CC(C)(C)CNC(=O)C1(C)CCN1C(=O)C1(c2ccccc2)CC1. The van der Waals surface area contributed by atoms with Gasteiger partial charge in [0.1, 0.15) is 5.54 Å². The van der Waals surface area contributed by atoms with E-state index in [-0.39, 0.29) is 17.2 Å². The number of nitrogens with one attached hydrogen (secondary N) is 1. The molecule has 0 aromatic heterocycles. The Morgan fingerprint density at radius 1 is 1.12 bits per heavy atom. The van der Waals surface area contributed by atoms with Crippen LogP contribution in [-0.4, -0.2) is 35.3 Å². The first-order chi connectivity index (χ1) is 11.2. The molecule has 2 aliphatic rings. The first-order valence-corrected chi connectivity index (χ1v) is 8.85. The minimum atomic E-state index is -0.702. The van der Waals surface area contributed by atoms with Crippen LogP contribution in [0.2, 0.25) is 0 Å². The molecule has 1 aliphatic heterocycles. The van der Waals surface area contributed by atoms with E-state index in [0.717, 1.165) is 24.8 Å². The molecule has 0 spiro atoms. The van der Waals surface area contributed by atoms with Gasteiger partial charge in [0.2, 0.25) is 11.8 Å². The van der Waals surface area contributed by atoms with E-state index in [2.05, 4.69) is 26.1 Å². The van der Waals surface area contributed by atoms with Crippen molar-refractivity contribution in [3.05, 3.63) is 35.9 Å². The van der Waals surface area contributed by atoms with Crippen LogP contribution in [0.15, 0.2) is 30.3 Å². The summed E-state index contributed by atoms with van der Waals surface area (Å²) in [6.45, 7) is 9.46. The van der Waals surface area contributed by atoms with Gasteiger partial charge in [-0.1, -0.05) is 51.1 Å². The molecule has 130 valence electrons. The van der Waals surface area contributed by atoms with Crippen molar-refractivity contribution in [2.75, 3.05) is 13.1 Å². The number of hydrogen-bond acceptors (Lipinski definition) is 2. The molecule has 4 nitrogen and oxygen atoms in total. The molecule has 1 aromatic carbocycles. The zero-order valence-electron chi connectivity index (χ0n) is 15.2. The van der Waals surface area contributed by atoms with Crippen LogP contribution >= 0.6 is 0 Å². The molecular formula is C20H28N2O2. The van der Waals surface area contributed by atoms with Crippen molar-refractivity contribution in [1.82, 2.24) is 10.2 Å². The second-order valence-corrected chi connectivity index (χ2v) is 8.67. The highest BCUT2D eigenvalue weighted by Gasteiger charge is 2.59. The van der Waals surface area contributed by atoms with Crippen LogP contribution in [0.25, 0.3) is 0 Å². The van der Waals surface area contributed by atoms with Crippen LogP contribution in [-0.2, 0) is 15.0 Å². The lowest BCUT2D eigenvalue weighted by Crippen LogP contribution is -2.69. The molecule has 1 aromatic rings. The van der Waals surface area contributed by atoms with Gasteiger partial charge in [0.15, 0.2) is 0 Å². The van der Waals surface area contributed by atoms with Crippen LogP contribution in [0.1, 0.15) is 52.5 Å². The summed E-state index contributed by atoms with van der Waals surface area (Å²) in [5, 5.41) is 3.03. The van der Waals surface area contributed by atoms with Crippen molar-refractivity contribution in [2.24, 2.45) is 5.41 Å². The molecule has 24 heavy (non-hydrogen) atoms. The van der Waals surface area contributed by atoms with Crippen molar-refractivity contribution in [1.29, 1.82) is 0 Å². The highest BCUT2D eigenvalue weighted by atomic mass is 16.2. The van der Waals surface area contributed by atoms with Gasteiger partial charge in [-0.25, -0.2) is 0 Å². The zero-order valence-corrected chi connectivity index (χ0v) is 15.2. The second kappa shape index (κ2) is 5.61. The van der Waals surface area contributed by atoms with Crippen LogP contribution < -0.4 is 5.32 Å². The predicted octanol–water partition coefficient (Wildman–Crippen LogP) is 2.87. The topological polar surface area (TPSA) is 49.4 Å². The summed E-state index contributed by atoms with van der Waals surface area (Å²) in [4.78, 5) is 27.7. The fraction of sp³-hybridized carbons (Fsp3) is 0.600. The zero-order chi connectivity index (χ0) is 17.6. The molecule has 1 saturated carbocycles. The van der Waals surface area contributed by atoms with E-state index >= 15 is 0 Å². The third-order valence-corrected chi connectivity index (χ3v) is 5.42. The number of carbonyl (C=O) groups is 2. The van der Waals surface area contributed by atoms with Crippen LogP contribution in [0, 0.1) is 5.41 Å². The Labute approximate surface area is 144 Å². The summed E-state index contributed by atoms with van der Waals surface area (Å²) in [5.74, 6) is 0.0919. The number of nitrogens with zero attached hydrogens (tertiary/aromatic N) is 1. The highest BCUT2D eigenvalue weighted by Crippen LogP contribution is 2.51. The van der Waals surface area contributed by atoms with Crippen molar-refractivity contribution in [2.45, 2.75) is 57.9 Å². The van der Waals surface area contributed by atoms with E-state index < -0.39 is 11.0 Å². The summed E-state index contributed by atoms with van der Waals surface area (Å²) < 4.78 is 0. The molecule has 1 saturated heterocycles. The molecule has 0 radical (unpaired) electrons. The minimum absolute atomic E-state index is 0.0270. The average Bonchev–Trinajstić information content (AvgIpc) is 3.32. The fourth-order valence-corrected chi connectivity index (χ4v) is 3.42. The van der Waals surface area contributed by atoms with Gasteiger partial charge in [0.25, 0.3) is 0 Å². The first kappa shape index (κ1) is 17.0. The normalized spacial score (nSPS) is 24.9. The van der Waals surface area contributed by atoms with Gasteiger partial charge in [-0.3, -0.25) is 9.59 Å². The maximum atomic E-state index is 13.2. The fourth-order valence-electron chi connectivity index (χ4n) is 3.42. The smallest absolute Gasteiger partial charge is 0.245 e. The van der Waals surface area contributed by atoms with E-state index in [9.17, 15) is 9.59 Å². The Morgan fingerprint density at radius 2 is 1.75 bits per heavy atom. The van der Waals surface area contributed by atoms with E-state index in [1.54, 1.807) is 4.90 Å². The molecule has 0 bridgehead atoms. The molecule has 3 rings (SSSR count). The molecule has 1 N–H and O–H groups in total. The number of rotatable bonds is 4. The Bertz CT molecular complexity index is 643. The number of amides is 2. The molecular weight excluding hydrogens is 300 g/mol. The molecule has 1 heterocycles. The van der Waals surface area contributed by atoms with Crippen molar-refractivity contribution >= 4 is 11.8 Å². The van der Waals surface area contributed by atoms with Crippen LogP contribution in [0.4, 0.5) is 0 Å². The Morgan fingerprint density at radius 3 is 2.21 bits per heavy atom. The Hall–Kier alpha value is -1.84. The lowest BCUT2D eigenvalue weighted by atomic mass is 9.82. The largest absolute Gasteiger partial charge is 0.354 e. The molecule has 1 aliphatic carbocycles. The Kier molecular flexibility index (Phi) is 3.97. The number of carbonyl (C=O) groups excluding carboxylic acids is 2. The second-order valence-electron chi connectivity index (χ2n) is 8.67. The molecule has 1 atom stereocenters. The maximum absolute atomic E-state index is 13.2. The standard InChI is InChI=1S/C20H28N2O2/c1-18(2,3)14-21-16(23)19(4)12-13-22(19)17(24)20(10-11-20)15-8-6-5-7-9-15/h5-9H,10-14H2,1-4H3,(H,21,23). The summed E-state index contributed by atoms with van der Waals surface area (Å²) in [7, 11) is 0. The quantitative estimate of drug-likeness (QED) is 0.924. The first-order valence-electron chi connectivity index (χ1n) is 8.85. The third kappa shape index (κ3) is 2.83. The molecule has 4 heteroatoms. The molecule has 2 amide bonds. The van der Waals surface area contributed by atoms with E-state index in [4.69, 9.17) is 0 Å². The number of benzene rings is 1. The van der Waals surface area contributed by atoms with Crippen molar-refractivity contribution in [3.63, 3.8) is 0 Å². The summed E-state index contributed by atoms with van der Waals surface area (Å²) in [6.07, 6.45) is 2.50. The van der Waals surface area contributed by atoms with Crippen LogP contribution in [0.3, 0.4) is 0 Å². The maximum Gasteiger partial charge on any atom is 0.245 e. The summed E-state index contributed by atoms with van der Waals surface area (Å²) >= 11 is 0. The third-order valence-electron chi connectivity index (χ3n) is 5.42. The van der Waals surface area contributed by atoms with Gasteiger partial charge in [0.05, 0.1) is 5.41 Å². The monoisotopic (exact) mass is 328 g/mol. The molecule has 2 fully saturated rings. The highest BCUT2D eigenvalue weighted by molar-refractivity contribution is 5.98. The van der Waals surface area contributed by atoms with Gasteiger partial charge in [-0.05, 0) is 37.2 Å². The van der Waals surface area contributed by atoms with Gasteiger partial charge < -0.3 is 10.2 Å². The van der Waals surface area contributed by atoms with E-state index in [0.29, 0.717) is 13.1 Å². The minimum Gasteiger partial charge on any atom is -0.354 e. The molecule has 1 unspecified atom stereocenters. The van der Waals surface area contributed by atoms with Crippen molar-refractivity contribution in [3.8, 4) is 0 Å². The predicted molar refractivity (Wildman–Crippen MR) is 94.6 cm³/mol. The van der Waals surface area contributed by atoms with E-state index in [1.807, 2.05) is 37.3 Å². The number of hydrogen-bond donors (Lipinski definition) is 1. The summed E-state index contributed by atoms with van der Waals surface area (Å²) in [6, 6.07) is 9.99. The van der Waals surface area contributed by atoms with Gasteiger partial charge in [0, 0.05) is 13.1 Å². The lowest BCUT2D eigenvalue weighted by molar-refractivity contribution is -0.159. The lowest BCUT2D eigenvalue weighted by Gasteiger charge is -2.50. The van der Waals surface area contributed by atoms with Gasteiger partial charge in [-0.2, -0.15) is 0 Å². The van der Waals surface area contributed by atoms with Gasteiger partial charge in [-0.15, -0.1) is 0 Å². The van der Waals surface area contributed by atoms with Gasteiger partial charge >= 0.3 is 0 Å². The van der Waals surface area contributed by atoms with Crippen LogP contribution in [0.5, 0.6) is 0 Å². The van der Waals surface area contributed by atoms with E-state index in [1.165, 1.54) is 0 Å². The Balaban J connectivity index is 1.73. The summed E-state index contributed by atoms with van der Waals surface area (Å²) in [5.41, 5.74) is 0.0195. The number of likely N-dealkylation sites (tertiary alicyclic amines) is 1. The average molecular weight is 328 g/mol.